The van der Waals surface area contributed by atoms with Crippen LogP contribution in [0.1, 0.15) is 46.0 Å². The minimum Gasteiger partial charge on any atom is -0.317 e. The van der Waals surface area contributed by atoms with Crippen LogP contribution < -0.4 is 5.32 Å². The van der Waals surface area contributed by atoms with E-state index in [9.17, 15) is 9.59 Å². The fourth-order valence-corrected chi connectivity index (χ4v) is 3.45. The van der Waals surface area contributed by atoms with Crippen molar-refractivity contribution in [3.63, 3.8) is 0 Å². The number of carbonyl (C=O) groups excluding carboxylic acids is 2. The normalized spacial score (nSPS) is 31.9. The van der Waals surface area contributed by atoms with Gasteiger partial charge in [0.25, 0.3) is 0 Å². The van der Waals surface area contributed by atoms with Crippen LogP contribution in [0.3, 0.4) is 0 Å². The molecule has 1 aliphatic carbocycles. The third kappa shape index (κ3) is 2.83. The van der Waals surface area contributed by atoms with Gasteiger partial charge in [0.1, 0.15) is 0 Å². The highest BCUT2D eigenvalue weighted by atomic mass is 16.2. The van der Waals surface area contributed by atoms with Crippen molar-refractivity contribution in [3.8, 4) is 0 Å². The molecule has 2 fully saturated rings. The number of fused-ring (bicyclic) bond motifs is 1. The molecular weight excluding hydrogens is 240 g/mol. The molecule has 3 unspecified atom stereocenters. The van der Waals surface area contributed by atoms with Crippen LogP contribution in [0.2, 0.25) is 0 Å². The molecule has 2 aliphatic rings. The molecule has 1 saturated heterocycles. The van der Waals surface area contributed by atoms with E-state index >= 15 is 0 Å². The van der Waals surface area contributed by atoms with Crippen LogP contribution in [0, 0.1) is 17.8 Å². The summed E-state index contributed by atoms with van der Waals surface area (Å²) in [4.78, 5) is 26.1. The first-order valence-corrected chi connectivity index (χ1v) is 7.60. The van der Waals surface area contributed by atoms with Gasteiger partial charge in [-0.2, -0.15) is 0 Å². The molecule has 1 N–H and O–H groups in total. The summed E-state index contributed by atoms with van der Waals surface area (Å²) < 4.78 is 0. The standard InChI is InChI=1S/C15H26N2O2/c1-4-11-8-12-13(9-11)15(19)17(14(12)18)7-5-6-10(2)16-3/h10-13,16H,4-9H2,1-3H3. The second-order valence-corrected chi connectivity index (χ2v) is 6.12. The van der Waals surface area contributed by atoms with Gasteiger partial charge in [0, 0.05) is 12.6 Å². The molecule has 2 amide bonds. The van der Waals surface area contributed by atoms with Crippen LogP contribution in [0.4, 0.5) is 0 Å². The van der Waals surface area contributed by atoms with Crippen molar-refractivity contribution in [1.82, 2.24) is 10.2 Å². The summed E-state index contributed by atoms with van der Waals surface area (Å²) >= 11 is 0. The Labute approximate surface area is 115 Å². The summed E-state index contributed by atoms with van der Waals surface area (Å²) in [6.07, 6.45) is 4.84. The van der Waals surface area contributed by atoms with Crippen molar-refractivity contribution in [2.75, 3.05) is 13.6 Å². The molecule has 1 heterocycles. The second-order valence-electron chi connectivity index (χ2n) is 6.12. The number of nitrogens with zero attached hydrogens (tertiary/aromatic N) is 1. The van der Waals surface area contributed by atoms with Gasteiger partial charge in [0.2, 0.25) is 11.8 Å². The van der Waals surface area contributed by atoms with Crippen LogP contribution in [0.5, 0.6) is 0 Å². The van der Waals surface area contributed by atoms with Crippen molar-refractivity contribution >= 4 is 11.8 Å². The summed E-state index contributed by atoms with van der Waals surface area (Å²) in [5, 5.41) is 3.18. The minimum absolute atomic E-state index is 0.000765. The molecule has 1 saturated carbocycles. The monoisotopic (exact) mass is 266 g/mol. The molecule has 0 aromatic heterocycles. The lowest BCUT2D eigenvalue weighted by Crippen LogP contribution is -2.34. The smallest absolute Gasteiger partial charge is 0.233 e. The fraction of sp³-hybridized carbons (Fsp3) is 0.867. The molecule has 0 aromatic rings. The van der Waals surface area contributed by atoms with Gasteiger partial charge in [-0.15, -0.1) is 0 Å². The lowest BCUT2D eigenvalue weighted by molar-refractivity contribution is -0.140. The summed E-state index contributed by atoms with van der Waals surface area (Å²) in [7, 11) is 1.94. The van der Waals surface area contributed by atoms with Crippen LogP contribution >= 0.6 is 0 Å². The SMILES string of the molecule is CCC1CC2C(=O)N(CCCC(C)NC)C(=O)C2C1. The molecule has 4 nitrogen and oxygen atoms in total. The predicted molar refractivity (Wildman–Crippen MR) is 74.5 cm³/mol. The number of carbonyl (C=O) groups is 2. The van der Waals surface area contributed by atoms with Crippen molar-refractivity contribution < 1.29 is 9.59 Å². The largest absolute Gasteiger partial charge is 0.317 e. The maximum absolute atomic E-state index is 12.3. The highest BCUT2D eigenvalue weighted by Gasteiger charge is 2.51. The molecule has 2 rings (SSSR count). The molecule has 4 heteroatoms. The van der Waals surface area contributed by atoms with Gasteiger partial charge < -0.3 is 5.32 Å². The third-order valence-electron chi connectivity index (χ3n) is 4.92. The van der Waals surface area contributed by atoms with E-state index in [0.29, 0.717) is 18.5 Å². The van der Waals surface area contributed by atoms with Crippen LogP contribution in [0.25, 0.3) is 0 Å². The maximum atomic E-state index is 12.3. The molecule has 1 aliphatic heterocycles. The van der Waals surface area contributed by atoms with Crippen molar-refractivity contribution in [3.05, 3.63) is 0 Å². The topological polar surface area (TPSA) is 49.4 Å². The Kier molecular flexibility index (Phi) is 4.61. The van der Waals surface area contributed by atoms with E-state index in [2.05, 4.69) is 19.2 Å². The molecule has 0 bridgehead atoms. The summed E-state index contributed by atoms with van der Waals surface area (Å²) in [6, 6.07) is 0.441. The van der Waals surface area contributed by atoms with Crippen molar-refractivity contribution in [2.45, 2.75) is 52.0 Å². The molecule has 0 radical (unpaired) electrons. The van der Waals surface area contributed by atoms with E-state index in [4.69, 9.17) is 0 Å². The Bertz CT molecular complexity index is 332. The summed E-state index contributed by atoms with van der Waals surface area (Å²) in [5.74, 6) is 0.777. The Morgan fingerprint density at radius 2 is 1.84 bits per heavy atom. The van der Waals surface area contributed by atoms with Gasteiger partial charge in [-0.05, 0) is 45.6 Å². The summed E-state index contributed by atoms with van der Waals surface area (Å²) in [5.41, 5.74) is 0. The maximum Gasteiger partial charge on any atom is 0.233 e. The van der Waals surface area contributed by atoms with Crippen LogP contribution in [0.15, 0.2) is 0 Å². The van der Waals surface area contributed by atoms with Gasteiger partial charge in [0.15, 0.2) is 0 Å². The zero-order chi connectivity index (χ0) is 14.0. The lowest BCUT2D eigenvalue weighted by Gasteiger charge is -2.18. The number of hydrogen-bond acceptors (Lipinski definition) is 3. The zero-order valence-electron chi connectivity index (χ0n) is 12.3. The number of nitrogens with one attached hydrogen (secondary N) is 1. The number of amides is 2. The zero-order valence-corrected chi connectivity index (χ0v) is 12.3. The quantitative estimate of drug-likeness (QED) is 0.746. The first kappa shape index (κ1) is 14.5. The highest BCUT2D eigenvalue weighted by Crippen LogP contribution is 2.44. The molecular formula is C15H26N2O2. The lowest BCUT2D eigenvalue weighted by atomic mass is 10.00. The first-order chi connectivity index (χ1) is 9.08. The predicted octanol–water partition coefficient (Wildman–Crippen LogP) is 1.80. The van der Waals surface area contributed by atoms with Gasteiger partial charge in [-0.1, -0.05) is 13.3 Å². The van der Waals surface area contributed by atoms with E-state index in [-0.39, 0.29) is 23.7 Å². The molecule has 0 spiro atoms. The van der Waals surface area contributed by atoms with Crippen molar-refractivity contribution in [1.29, 1.82) is 0 Å². The molecule has 19 heavy (non-hydrogen) atoms. The Balaban J connectivity index is 1.88. The Morgan fingerprint density at radius 3 is 2.32 bits per heavy atom. The van der Waals surface area contributed by atoms with E-state index in [0.717, 1.165) is 32.1 Å². The minimum atomic E-state index is -0.000765. The van der Waals surface area contributed by atoms with E-state index in [1.54, 1.807) is 0 Å². The number of hydrogen-bond donors (Lipinski definition) is 1. The fourth-order valence-electron chi connectivity index (χ4n) is 3.45. The van der Waals surface area contributed by atoms with E-state index in [1.165, 1.54) is 4.90 Å². The van der Waals surface area contributed by atoms with Gasteiger partial charge in [-0.3, -0.25) is 14.5 Å². The highest BCUT2D eigenvalue weighted by molar-refractivity contribution is 6.05. The van der Waals surface area contributed by atoms with Gasteiger partial charge >= 0.3 is 0 Å². The first-order valence-electron chi connectivity index (χ1n) is 7.60. The Morgan fingerprint density at radius 1 is 1.26 bits per heavy atom. The molecule has 108 valence electrons. The molecule has 0 aromatic carbocycles. The van der Waals surface area contributed by atoms with E-state index in [1.807, 2.05) is 7.05 Å². The molecule has 3 atom stereocenters. The third-order valence-corrected chi connectivity index (χ3v) is 4.92. The van der Waals surface area contributed by atoms with Gasteiger partial charge in [0.05, 0.1) is 11.8 Å². The number of likely N-dealkylation sites (tertiary alicyclic amines) is 1. The number of imide groups is 1. The van der Waals surface area contributed by atoms with Crippen molar-refractivity contribution in [2.24, 2.45) is 17.8 Å². The summed E-state index contributed by atoms with van der Waals surface area (Å²) in [6.45, 7) is 4.87. The van der Waals surface area contributed by atoms with Gasteiger partial charge in [-0.25, -0.2) is 0 Å². The number of rotatable bonds is 6. The van der Waals surface area contributed by atoms with E-state index < -0.39 is 0 Å². The average molecular weight is 266 g/mol. The van der Waals surface area contributed by atoms with Crippen LogP contribution in [-0.4, -0.2) is 36.3 Å². The second kappa shape index (κ2) is 6.04. The average Bonchev–Trinajstić information content (AvgIpc) is 2.93. The van der Waals surface area contributed by atoms with Crippen LogP contribution in [-0.2, 0) is 9.59 Å². The Hall–Kier alpha value is -0.900.